The number of ether oxygens (including phenoxy) is 3. The minimum Gasteiger partial charge on any atom is -0.490 e. The van der Waals surface area contributed by atoms with Crippen molar-refractivity contribution >= 4 is 63.8 Å². The van der Waals surface area contributed by atoms with Crippen LogP contribution in [0.15, 0.2) is 41.5 Å². The van der Waals surface area contributed by atoms with Gasteiger partial charge in [-0.25, -0.2) is 5.43 Å². The summed E-state index contributed by atoms with van der Waals surface area (Å²) in [6.07, 6.45) is 2.08. The first kappa shape index (κ1) is 30.3. The molecule has 0 saturated heterocycles. The average Bonchev–Trinajstić information content (AvgIpc) is 2.83. The maximum atomic E-state index is 12.3. The highest BCUT2D eigenvalue weighted by molar-refractivity contribution is 14.1. The summed E-state index contributed by atoms with van der Waals surface area (Å²) in [7, 11) is 0. The van der Waals surface area contributed by atoms with Crippen molar-refractivity contribution in [2.75, 3.05) is 31.7 Å². The van der Waals surface area contributed by atoms with Crippen molar-refractivity contribution in [1.29, 1.82) is 0 Å². The van der Waals surface area contributed by atoms with Crippen molar-refractivity contribution in [2.45, 2.75) is 33.3 Å². The van der Waals surface area contributed by atoms with Gasteiger partial charge in [0.05, 0.1) is 22.5 Å². The Morgan fingerprint density at radius 2 is 1.92 bits per heavy atom. The number of hydrogen-bond donors (Lipinski definition) is 3. The molecule has 0 saturated carbocycles. The molecule has 0 aliphatic heterocycles. The van der Waals surface area contributed by atoms with E-state index in [2.05, 4.69) is 43.8 Å². The highest BCUT2D eigenvalue weighted by atomic mass is 127. The lowest BCUT2D eigenvalue weighted by Crippen LogP contribution is -2.38. The Balaban J connectivity index is 1.92. The van der Waals surface area contributed by atoms with Crippen LogP contribution in [0.25, 0.3) is 0 Å². The van der Waals surface area contributed by atoms with Crippen LogP contribution < -0.4 is 25.5 Å². The molecule has 3 N–H and O–H groups in total. The van der Waals surface area contributed by atoms with Gasteiger partial charge in [-0.05, 0) is 85.7 Å². The van der Waals surface area contributed by atoms with Crippen LogP contribution in [-0.4, -0.2) is 56.4 Å². The molecule has 0 spiro atoms. The van der Waals surface area contributed by atoms with E-state index in [0.717, 1.165) is 0 Å². The fourth-order valence-electron chi connectivity index (χ4n) is 2.86. The van der Waals surface area contributed by atoms with Crippen molar-refractivity contribution in [3.05, 3.63) is 50.6 Å². The Morgan fingerprint density at radius 1 is 1.14 bits per heavy atom. The second-order valence-electron chi connectivity index (χ2n) is 7.84. The summed E-state index contributed by atoms with van der Waals surface area (Å²) in [6.45, 7) is 6.59. The van der Waals surface area contributed by atoms with Gasteiger partial charge in [0.2, 0.25) is 0 Å². The van der Waals surface area contributed by atoms with Gasteiger partial charge in [0.15, 0.2) is 18.1 Å². The Morgan fingerprint density at radius 3 is 2.62 bits per heavy atom. The summed E-state index contributed by atoms with van der Waals surface area (Å²) in [5.41, 5.74) is 3.34. The van der Waals surface area contributed by atoms with E-state index in [9.17, 15) is 14.4 Å². The van der Waals surface area contributed by atoms with Crippen LogP contribution in [0.4, 0.5) is 5.69 Å². The molecular weight excluding hydrogens is 615 g/mol. The van der Waals surface area contributed by atoms with E-state index in [0.29, 0.717) is 57.5 Å². The monoisotopic (exact) mass is 644 g/mol. The zero-order valence-corrected chi connectivity index (χ0v) is 23.7. The van der Waals surface area contributed by atoms with Crippen molar-refractivity contribution in [3.63, 3.8) is 0 Å². The van der Waals surface area contributed by atoms with Gasteiger partial charge in [-0.1, -0.05) is 17.7 Å². The lowest BCUT2D eigenvalue weighted by molar-refractivity contribution is -0.139. The minimum absolute atomic E-state index is 0.111. The van der Waals surface area contributed by atoms with Crippen LogP contribution in [0.3, 0.4) is 0 Å². The largest absolute Gasteiger partial charge is 0.490 e. The number of nitrogens with one attached hydrogen (secondary N) is 3. The number of carbonyl (C=O) groups excluding carboxylic acids is 3. The SMILES string of the molecule is CCOc1cc(/C=N\NC(=O)C(=O)NCCCOC(C)C)cc(I)c1OCC(=O)Nc1cccc(Cl)c1. The highest BCUT2D eigenvalue weighted by Gasteiger charge is 2.15. The summed E-state index contributed by atoms with van der Waals surface area (Å²) in [4.78, 5) is 36.1. The molecule has 0 bridgehead atoms. The van der Waals surface area contributed by atoms with Crippen LogP contribution >= 0.6 is 34.2 Å². The molecule has 0 radical (unpaired) electrons. The number of benzene rings is 2. The van der Waals surface area contributed by atoms with Crippen LogP contribution in [0.1, 0.15) is 32.8 Å². The number of carbonyl (C=O) groups is 3. The van der Waals surface area contributed by atoms with Gasteiger partial charge in [0.25, 0.3) is 5.91 Å². The van der Waals surface area contributed by atoms with Gasteiger partial charge in [0.1, 0.15) is 0 Å². The molecule has 10 nitrogen and oxygen atoms in total. The van der Waals surface area contributed by atoms with Crippen LogP contribution in [0.2, 0.25) is 5.02 Å². The Bertz CT molecular complexity index is 1110. The molecule has 0 aliphatic carbocycles. The number of hydrogen-bond acceptors (Lipinski definition) is 7. The van der Waals surface area contributed by atoms with E-state index in [4.69, 9.17) is 25.8 Å². The molecule has 2 rings (SSSR count). The van der Waals surface area contributed by atoms with Crippen molar-refractivity contribution in [1.82, 2.24) is 10.7 Å². The van der Waals surface area contributed by atoms with E-state index >= 15 is 0 Å². The topological polar surface area (TPSA) is 127 Å². The molecule has 37 heavy (non-hydrogen) atoms. The van der Waals surface area contributed by atoms with Gasteiger partial charge in [-0.2, -0.15) is 5.10 Å². The third-order valence-electron chi connectivity index (χ3n) is 4.43. The van der Waals surface area contributed by atoms with E-state index < -0.39 is 11.8 Å². The third-order valence-corrected chi connectivity index (χ3v) is 5.47. The summed E-state index contributed by atoms with van der Waals surface area (Å²) in [5.74, 6) is -1.23. The number of rotatable bonds is 13. The highest BCUT2D eigenvalue weighted by Crippen LogP contribution is 2.34. The van der Waals surface area contributed by atoms with Crippen LogP contribution in [-0.2, 0) is 19.1 Å². The second-order valence-corrected chi connectivity index (χ2v) is 9.44. The number of amides is 3. The first-order valence-electron chi connectivity index (χ1n) is 11.6. The smallest absolute Gasteiger partial charge is 0.329 e. The summed E-state index contributed by atoms with van der Waals surface area (Å²) < 4.78 is 17.4. The molecular formula is C25H30ClIN4O6. The second kappa shape index (κ2) is 16.0. The number of hydrazone groups is 1. The first-order chi connectivity index (χ1) is 17.7. The summed E-state index contributed by atoms with van der Waals surface area (Å²) in [5, 5.41) is 9.57. The van der Waals surface area contributed by atoms with Crippen LogP contribution in [0, 0.1) is 3.57 Å². The predicted octanol–water partition coefficient (Wildman–Crippen LogP) is 3.74. The van der Waals surface area contributed by atoms with Gasteiger partial charge >= 0.3 is 11.8 Å². The number of halogens is 2. The average molecular weight is 645 g/mol. The molecule has 2 aromatic rings. The fourth-order valence-corrected chi connectivity index (χ4v) is 3.83. The normalized spacial score (nSPS) is 10.9. The third kappa shape index (κ3) is 11.4. The number of nitrogens with zero attached hydrogens (tertiary/aromatic N) is 1. The lowest BCUT2D eigenvalue weighted by Gasteiger charge is -2.14. The molecule has 0 aliphatic rings. The van der Waals surface area contributed by atoms with Crippen molar-refractivity contribution in [2.24, 2.45) is 5.10 Å². The van der Waals surface area contributed by atoms with E-state index in [-0.39, 0.29) is 18.6 Å². The molecule has 2 aromatic carbocycles. The van der Waals surface area contributed by atoms with Crippen LogP contribution in [0.5, 0.6) is 11.5 Å². The standard InChI is InChI=1S/C25H30ClIN4O6/c1-4-35-21-12-17(14-29-31-25(34)24(33)28-9-6-10-36-16(2)3)11-20(27)23(21)37-15-22(32)30-19-8-5-7-18(26)13-19/h5,7-8,11-14,16H,4,6,9-10,15H2,1-3H3,(H,28,33)(H,30,32)(H,31,34)/b29-14-. The predicted molar refractivity (Wildman–Crippen MR) is 150 cm³/mol. The molecule has 0 heterocycles. The van der Waals surface area contributed by atoms with Gasteiger partial charge < -0.3 is 24.8 Å². The Hall–Kier alpha value is -2.90. The van der Waals surface area contributed by atoms with Crippen molar-refractivity contribution < 1.29 is 28.6 Å². The Labute approximate surface area is 234 Å². The van der Waals surface area contributed by atoms with E-state index in [1.807, 2.05) is 20.8 Å². The molecule has 0 atom stereocenters. The lowest BCUT2D eigenvalue weighted by atomic mass is 10.2. The van der Waals surface area contributed by atoms with Gasteiger partial charge in [-0.15, -0.1) is 0 Å². The first-order valence-corrected chi connectivity index (χ1v) is 13.0. The minimum atomic E-state index is -0.883. The fraction of sp³-hybridized carbons (Fsp3) is 0.360. The zero-order chi connectivity index (χ0) is 27.2. The molecule has 200 valence electrons. The van der Waals surface area contributed by atoms with Gasteiger partial charge in [-0.3, -0.25) is 14.4 Å². The maximum absolute atomic E-state index is 12.3. The quantitative estimate of drug-likeness (QED) is 0.100. The number of anilines is 1. The zero-order valence-electron chi connectivity index (χ0n) is 20.8. The summed E-state index contributed by atoms with van der Waals surface area (Å²) >= 11 is 7.99. The molecule has 3 amide bonds. The summed E-state index contributed by atoms with van der Waals surface area (Å²) in [6, 6.07) is 10.2. The molecule has 0 fully saturated rings. The molecule has 12 heteroatoms. The van der Waals surface area contributed by atoms with E-state index in [1.54, 1.807) is 36.4 Å². The maximum Gasteiger partial charge on any atom is 0.329 e. The Kier molecular flexibility index (Phi) is 13.2. The van der Waals surface area contributed by atoms with Gasteiger partial charge in [0, 0.05) is 23.9 Å². The molecule has 0 unspecified atom stereocenters. The molecule has 0 aromatic heterocycles. The van der Waals surface area contributed by atoms with E-state index in [1.165, 1.54) is 6.21 Å². The van der Waals surface area contributed by atoms with Crippen molar-refractivity contribution in [3.8, 4) is 11.5 Å².